The molecule has 140 valence electrons. The minimum absolute atomic E-state index is 0.101. The van der Waals surface area contributed by atoms with Crippen LogP contribution in [0.4, 0.5) is 20.3 Å². The number of rotatable bonds is 4. The lowest BCUT2D eigenvalue weighted by atomic mass is 10.3. The maximum atomic E-state index is 13.9. The summed E-state index contributed by atoms with van der Waals surface area (Å²) in [5, 5.41) is 8.04. The summed E-state index contributed by atoms with van der Waals surface area (Å²) in [5.41, 5.74) is 0.874. The number of anilines is 2. The molecule has 10 heteroatoms. The van der Waals surface area contributed by atoms with Crippen molar-refractivity contribution >= 4 is 21.5 Å². The summed E-state index contributed by atoms with van der Waals surface area (Å²) < 4.78 is 54.1. The Balaban J connectivity index is 1.77. The third-order valence-electron chi connectivity index (χ3n) is 4.22. The molecule has 1 aliphatic heterocycles. The summed E-state index contributed by atoms with van der Waals surface area (Å²) in [4.78, 5) is 2.88. The van der Waals surface area contributed by atoms with Crippen LogP contribution in [0, 0.1) is 11.6 Å². The SMILES string of the molecule is CN(C)c1cnnc(N2CCN(S(=O)(=O)c3c(F)cccc3F)CC2)c1. The predicted molar refractivity (Wildman–Crippen MR) is 93.7 cm³/mol. The number of aromatic nitrogens is 2. The molecule has 7 nitrogen and oxygen atoms in total. The largest absolute Gasteiger partial charge is 0.376 e. The highest BCUT2D eigenvalue weighted by Gasteiger charge is 2.33. The average Bonchev–Trinajstić information content (AvgIpc) is 2.61. The van der Waals surface area contributed by atoms with E-state index in [1.54, 1.807) is 6.20 Å². The van der Waals surface area contributed by atoms with Gasteiger partial charge in [0.25, 0.3) is 0 Å². The van der Waals surface area contributed by atoms with E-state index in [2.05, 4.69) is 10.2 Å². The molecule has 26 heavy (non-hydrogen) atoms. The molecule has 0 amide bonds. The van der Waals surface area contributed by atoms with Gasteiger partial charge in [0, 0.05) is 46.3 Å². The minimum Gasteiger partial charge on any atom is -0.376 e. The first kappa shape index (κ1) is 18.5. The lowest BCUT2D eigenvalue weighted by Gasteiger charge is -2.34. The Morgan fingerprint density at radius 1 is 1.08 bits per heavy atom. The van der Waals surface area contributed by atoms with Crippen molar-refractivity contribution in [1.82, 2.24) is 14.5 Å². The summed E-state index contributed by atoms with van der Waals surface area (Å²) in [5.74, 6) is -1.54. The van der Waals surface area contributed by atoms with Gasteiger partial charge in [0.15, 0.2) is 10.7 Å². The normalized spacial score (nSPS) is 15.9. The van der Waals surface area contributed by atoms with Gasteiger partial charge in [0.2, 0.25) is 10.0 Å². The highest BCUT2D eigenvalue weighted by atomic mass is 32.2. The van der Waals surface area contributed by atoms with Crippen molar-refractivity contribution in [3.05, 3.63) is 42.1 Å². The van der Waals surface area contributed by atoms with E-state index in [0.717, 1.165) is 28.2 Å². The molecule has 3 rings (SSSR count). The zero-order valence-electron chi connectivity index (χ0n) is 14.4. The second-order valence-electron chi connectivity index (χ2n) is 6.11. The van der Waals surface area contributed by atoms with Crippen LogP contribution in [0.1, 0.15) is 0 Å². The van der Waals surface area contributed by atoms with Crippen LogP contribution in [0.15, 0.2) is 35.4 Å². The summed E-state index contributed by atoms with van der Waals surface area (Å²) in [6.45, 7) is 0.898. The molecular formula is C16H19F2N5O2S. The Hall–Kier alpha value is -2.33. The number of halogens is 2. The van der Waals surface area contributed by atoms with E-state index in [9.17, 15) is 17.2 Å². The van der Waals surface area contributed by atoms with Crippen molar-refractivity contribution in [2.24, 2.45) is 0 Å². The van der Waals surface area contributed by atoms with Gasteiger partial charge in [-0.25, -0.2) is 17.2 Å². The van der Waals surface area contributed by atoms with Crippen LogP contribution in [0.2, 0.25) is 0 Å². The van der Waals surface area contributed by atoms with Crippen LogP contribution < -0.4 is 9.80 Å². The van der Waals surface area contributed by atoms with E-state index in [1.807, 2.05) is 30.0 Å². The first-order valence-corrected chi connectivity index (χ1v) is 9.44. The monoisotopic (exact) mass is 383 g/mol. The third-order valence-corrected chi connectivity index (χ3v) is 6.17. The highest BCUT2D eigenvalue weighted by Crippen LogP contribution is 2.25. The second-order valence-corrected chi connectivity index (χ2v) is 7.98. The van der Waals surface area contributed by atoms with E-state index in [-0.39, 0.29) is 13.1 Å². The summed E-state index contributed by atoms with van der Waals surface area (Å²) >= 11 is 0. The van der Waals surface area contributed by atoms with Gasteiger partial charge < -0.3 is 9.80 Å². The van der Waals surface area contributed by atoms with Crippen LogP contribution in [0.3, 0.4) is 0 Å². The fourth-order valence-electron chi connectivity index (χ4n) is 2.76. The second kappa shape index (κ2) is 7.12. The van der Waals surface area contributed by atoms with Crippen LogP contribution in [0.25, 0.3) is 0 Å². The minimum atomic E-state index is -4.24. The quantitative estimate of drug-likeness (QED) is 0.794. The van der Waals surface area contributed by atoms with Gasteiger partial charge in [-0.2, -0.15) is 9.40 Å². The number of benzene rings is 1. The van der Waals surface area contributed by atoms with Gasteiger partial charge >= 0.3 is 0 Å². The van der Waals surface area contributed by atoms with Crippen molar-refractivity contribution in [3.8, 4) is 0 Å². The molecule has 2 heterocycles. The Bertz CT molecular complexity index is 879. The maximum Gasteiger partial charge on any atom is 0.249 e. The van der Waals surface area contributed by atoms with Crippen molar-refractivity contribution in [2.45, 2.75) is 4.90 Å². The van der Waals surface area contributed by atoms with E-state index in [0.29, 0.717) is 18.9 Å². The first-order valence-electron chi connectivity index (χ1n) is 8.00. The first-order chi connectivity index (χ1) is 12.3. The molecule has 1 fully saturated rings. The third kappa shape index (κ3) is 3.47. The zero-order chi connectivity index (χ0) is 18.9. The summed E-state index contributed by atoms with van der Waals surface area (Å²) in [6.07, 6.45) is 1.63. The van der Waals surface area contributed by atoms with Crippen LogP contribution in [0.5, 0.6) is 0 Å². The molecular weight excluding hydrogens is 364 g/mol. The molecule has 1 saturated heterocycles. The fraction of sp³-hybridized carbons (Fsp3) is 0.375. The Morgan fingerprint density at radius 3 is 2.27 bits per heavy atom. The number of sulfonamides is 1. The molecule has 0 saturated carbocycles. The summed E-state index contributed by atoms with van der Waals surface area (Å²) in [6, 6.07) is 4.87. The maximum absolute atomic E-state index is 13.9. The van der Waals surface area contributed by atoms with Crippen molar-refractivity contribution in [1.29, 1.82) is 0 Å². The molecule has 0 unspecified atom stereocenters. The van der Waals surface area contributed by atoms with Gasteiger partial charge in [0.05, 0.1) is 11.9 Å². The van der Waals surface area contributed by atoms with Crippen molar-refractivity contribution in [2.75, 3.05) is 50.1 Å². The lowest BCUT2D eigenvalue weighted by Crippen LogP contribution is -2.49. The van der Waals surface area contributed by atoms with Gasteiger partial charge in [-0.05, 0) is 12.1 Å². The molecule has 0 radical (unpaired) electrons. The van der Waals surface area contributed by atoms with Crippen LogP contribution in [-0.4, -0.2) is 63.2 Å². The Kier molecular flexibility index (Phi) is 5.05. The highest BCUT2D eigenvalue weighted by molar-refractivity contribution is 7.89. The van der Waals surface area contributed by atoms with Gasteiger partial charge in [-0.1, -0.05) is 6.07 Å². The molecule has 0 N–H and O–H groups in total. The van der Waals surface area contributed by atoms with Gasteiger partial charge in [-0.15, -0.1) is 5.10 Å². The molecule has 1 aliphatic rings. The summed E-state index contributed by atoms with van der Waals surface area (Å²) in [7, 11) is -0.472. The molecule has 1 aromatic heterocycles. The number of hydrogen-bond donors (Lipinski definition) is 0. The van der Waals surface area contributed by atoms with Crippen LogP contribution in [-0.2, 0) is 10.0 Å². The fourth-order valence-corrected chi connectivity index (χ4v) is 4.29. The topological polar surface area (TPSA) is 69.6 Å². The van der Waals surface area contributed by atoms with Gasteiger partial charge in [-0.3, -0.25) is 0 Å². The molecule has 0 bridgehead atoms. The average molecular weight is 383 g/mol. The molecule has 0 atom stereocenters. The molecule has 0 aliphatic carbocycles. The Morgan fingerprint density at radius 2 is 1.69 bits per heavy atom. The van der Waals surface area contributed by atoms with Crippen molar-refractivity contribution in [3.63, 3.8) is 0 Å². The molecule has 2 aromatic rings. The zero-order valence-corrected chi connectivity index (χ0v) is 15.2. The lowest BCUT2D eigenvalue weighted by molar-refractivity contribution is 0.377. The van der Waals surface area contributed by atoms with Crippen LogP contribution >= 0.6 is 0 Å². The van der Waals surface area contributed by atoms with E-state index >= 15 is 0 Å². The molecule has 0 spiro atoms. The predicted octanol–water partition coefficient (Wildman–Crippen LogP) is 1.33. The Labute approximate surface area is 150 Å². The van der Waals surface area contributed by atoms with E-state index < -0.39 is 26.6 Å². The van der Waals surface area contributed by atoms with E-state index in [1.165, 1.54) is 0 Å². The van der Waals surface area contributed by atoms with Gasteiger partial charge in [0.1, 0.15) is 11.6 Å². The number of hydrogen-bond acceptors (Lipinski definition) is 6. The van der Waals surface area contributed by atoms with E-state index in [4.69, 9.17) is 0 Å². The number of piperazine rings is 1. The van der Waals surface area contributed by atoms with Crippen molar-refractivity contribution < 1.29 is 17.2 Å². The molecule has 1 aromatic carbocycles. The smallest absolute Gasteiger partial charge is 0.249 e. The number of nitrogens with zero attached hydrogens (tertiary/aromatic N) is 5. The standard InChI is InChI=1S/C16H19F2N5O2S/c1-21(2)12-10-15(20-19-11-12)22-6-8-23(9-7-22)26(24,25)16-13(17)4-3-5-14(16)18/h3-5,10-11H,6-9H2,1-2H3.